The lowest BCUT2D eigenvalue weighted by Crippen LogP contribution is -2.07. The molecule has 0 fully saturated rings. The van der Waals surface area contributed by atoms with E-state index in [1.807, 2.05) is 6.20 Å². The lowest BCUT2D eigenvalue weighted by atomic mass is 10.1. The van der Waals surface area contributed by atoms with Crippen molar-refractivity contribution in [2.24, 2.45) is 0 Å². The zero-order chi connectivity index (χ0) is 11.4. The Morgan fingerprint density at radius 3 is 2.56 bits per heavy atom. The summed E-state index contributed by atoms with van der Waals surface area (Å²) in [5.41, 5.74) is 1.33. The molecule has 84 valence electrons. The van der Waals surface area contributed by atoms with Crippen LogP contribution in [0.2, 0.25) is 0 Å². The van der Waals surface area contributed by atoms with Crippen LogP contribution in [0.15, 0.2) is 41.1 Å². The van der Waals surface area contributed by atoms with Crippen LogP contribution < -0.4 is 0 Å². The summed E-state index contributed by atoms with van der Waals surface area (Å²) >= 11 is 7.12. The minimum Gasteiger partial charge on any atom is -0.349 e. The van der Waals surface area contributed by atoms with Crippen molar-refractivity contribution >= 4 is 31.9 Å². The Morgan fingerprint density at radius 1 is 1.19 bits per heavy atom. The van der Waals surface area contributed by atoms with E-state index in [1.165, 1.54) is 5.56 Å². The standard InChI is InChI=1S/C12H12Br2N2/c13-10-3-1-9(2-4-10)7-11(14)8-12-15-5-6-16-12/h1-6,11H,7-8H2,(H,15,16). The zero-order valence-corrected chi connectivity index (χ0v) is 11.8. The maximum Gasteiger partial charge on any atom is 0.107 e. The summed E-state index contributed by atoms with van der Waals surface area (Å²) in [5, 5.41) is 0. The van der Waals surface area contributed by atoms with E-state index >= 15 is 0 Å². The van der Waals surface area contributed by atoms with Gasteiger partial charge in [0.15, 0.2) is 0 Å². The summed E-state index contributed by atoms with van der Waals surface area (Å²) in [7, 11) is 0. The molecule has 0 saturated heterocycles. The van der Waals surface area contributed by atoms with Crippen LogP contribution >= 0.6 is 31.9 Å². The largest absolute Gasteiger partial charge is 0.349 e. The Labute approximate surface area is 112 Å². The van der Waals surface area contributed by atoms with Gasteiger partial charge in [0.2, 0.25) is 0 Å². The van der Waals surface area contributed by atoms with Crippen molar-refractivity contribution < 1.29 is 0 Å². The molecule has 0 aliphatic heterocycles. The molecule has 1 heterocycles. The van der Waals surface area contributed by atoms with Crippen molar-refractivity contribution in [3.05, 3.63) is 52.5 Å². The van der Waals surface area contributed by atoms with Gasteiger partial charge >= 0.3 is 0 Å². The quantitative estimate of drug-likeness (QED) is 0.842. The second-order valence-corrected chi connectivity index (χ2v) is 5.88. The van der Waals surface area contributed by atoms with Gasteiger partial charge in [-0.2, -0.15) is 0 Å². The highest BCUT2D eigenvalue weighted by Gasteiger charge is 2.08. The third-order valence-corrected chi connectivity index (χ3v) is 3.52. The number of nitrogens with one attached hydrogen (secondary N) is 1. The number of aromatic nitrogens is 2. The van der Waals surface area contributed by atoms with Crippen LogP contribution in [-0.4, -0.2) is 14.8 Å². The predicted octanol–water partition coefficient (Wildman–Crippen LogP) is 3.72. The molecule has 0 saturated carbocycles. The molecule has 0 aliphatic rings. The van der Waals surface area contributed by atoms with Gasteiger partial charge in [0, 0.05) is 28.1 Å². The van der Waals surface area contributed by atoms with Crippen LogP contribution in [0.3, 0.4) is 0 Å². The third-order valence-electron chi connectivity index (χ3n) is 2.34. The summed E-state index contributed by atoms with van der Waals surface area (Å²) in [5.74, 6) is 1.03. The highest BCUT2D eigenvalue weighted by Crippen LogP contribution is 2.16. The van der Waals surface area contributed by atoms with Crippen LogP contribution in [-0.2, 0) is 12.8 Å². The highest BCUT2D eigenvalue weighted by molar-refractivity contribution is 9.10. The summed E-state index contributed by atoms with van der Waals surface area (Å²) in [4.78, 5) is 7.75. The van der Waals surface area contributed by atoms with Crippen LogP contribution in [0.5, 0.6) is 0 Å². The van der Waals surface area contributed by atoms with Crippen molar-refractivity contribution in [2.75, 3.05) is 0 Å². The van der Waals surface area contributed by atoms with Gasteiger partial charge < -0.3 is 4.98 Å². The van der Waals surface area contributed by atoms with Crippen molar-refractivity contribution in [3.63, 3.8) is 0 Å². The number of rotatable bonds is 4. The first-order valence-electron chi connectivity index (χ1n) is 5.11. The zero-order valence-electron chi connectivity index (χ0n) is 8.66. The van der Waals surface area contributed by atoms with Gasteiger partial charge in [0.05, 0.1) is 0 Å². The Bertz CT molecular complexity index is 423. The first kappa shape index (κ1) is 11.9. The lowest BCUT2D eigenvalue weighted by Gasteiger charge is -2.08. The summed E-state index contributed by atoms with van der Waals surface area (Å²) in [6, 6.07) is 8.42. The van der Waals surface area contributed by atoms with E-state index in [1.54, 1.807) is 6.20 Å². The van der Waals surface area contributed by atoms with E-state index in [2.05, 4.69) is 66.1 Å². The van der Waals surface area contributed by atoms with E-state index in [9.17, 15) is 0 Å². The van der Waals surface area contributed by atoms with Gasteiger partial charge in [0.1, 0.15) is 5.82 Å². The van der Waals surface area contributed by atoms with Gasteiger partial charge in [-0.15, -0.1) is 0 Å². The molecule has 1 unspecified atom stereocenters. The van der Waals surface area contributed by atoms with E-state index in [0.717, 1.165) is 23.1 Å². The second kappa shape index (κ2) is 5.64. The summed E-state index contributed by atoms with van der Waals surface area (Å²) in [6.45, 7) is 0. The minimum absolute atomic E-state index is 0.417. The average Bonchev–Trinajstić information content (AvgIpc) is 2.74. The average molecular weight is 344 g/mol. The molecule has 1 atom stereocenters. The van der Waals surface area contributed by atoms with Gasteiger partial charge in [-0.1, -0.05) is 44.0 Å². The number of hydrogen-bond acceptors (Lipinski definition) is 1. The smallest absolute Gasteiger partial charge is 0.107 e. The molecular formula is C12H12Br2N2. The van der Waals surface area contributed by atoms with Crippen LogP contribution in [0, 0.1) is 0 Å². The SMILES string of the molecule is Brc1ccc(CC(Br)Cc2ncc[nH]2)cc1. The maximum absolute atomic E-state index is 4.22. The van der Waals surface area contributed by atoms with Crippen molar-refractivity contribution in [1.29, 1.82) is 0 Å². The van der Waals surface area contributed by atoms with Crippen LogP contribution in [0.1, 0.15) is 11.4 Å². The fourth-order valence-electron chi connectivity index (χ4n) is 1.57. The van der Waals surface area contributed by atoms with Crippen LogP contribution in [0.25, 0.3) is 0 Å². The van der Waals surface area contributed by atoms with Gasteiger partial charge in [-0.3, -0.25) is 0 Å². The number of halogens is 2. The molecular weight excluding hydrogens is 332 g/mol. The first-order chi connectivity index (χ1) is 7.74. The lowest BCUT2D eigenvalue weighted by molar-refractivity contribution is 0.813. The third kappa shape index (κ3) is 3.46. The normalized spacial score (nSPS) is 12.6. The number of H-pyrrole nitrogens is 1. The molecule has 1 N–H and O–H groups in total. The van der Waals surface area contributed by atoms with Crippen molar-refractivity contribution in [3.8, 4) is 0 Å². The molecule has 0 radical (unpaired) electrons. The molecule has 16 heavy (non-hydrogen) atoms. The first-order valence-corrected chi connectivity index (χ1v) is 6.81. The molecule has 0 amide bonds. The van der Waals surface area contributed by atoms with Crippen molar-refractivity contribution in [1.82, 2.24) is 9.97 Å². The molecule has 1 aromatic carbocycles. The summed E-state index contributed by atoms with van der Waals surface area (Å²) in [6.07, 6.45) is 5.57. The van der Waals surface area contributed by atoms with Gasteiger partial charge in [-0.05, 0) is 24.1 Å². The molecule has 2 rings (SSSR count). The van der Waals surface area contributed by atoms with E-state index in [-0.39, 0.29) is 0 Å². The Morgan fingerprint density at radius 2 is 1.94 bits per heavy atom. The molecule has 2 aromatic rings. The molecule has 2 nitrogen and oxygen atoms in total. The Balaban J connectivity index is 1.92. The van der Waals surface area contributed by atoms with Crippen LogP contribution in [0.4, 0.5) is 0 Å². The van der Waals surface area contributed by atoms with E-state index in [4.69, 9.17) is 0 Å². The highest BCUT2D eigenvalue weighted by atomic mass is 79.9. The van der Waals surface area contributed by atoms with Crippen molar-refractivity contribution in [2.45, 2.75) is 17.7 Å². The number of imidazole rings is 1. The Kier molecular flexibility index (Phi) is 4.18. The minimum atomic E-state index is 0.417. The maximum atomic E-state index is 4.22. The van der Waals surface area contributed by atoms with Gasteiger partial charge in [0.25, 0.3) is 0 Å². The second-order valence-electron chi connectivity index (χ2n) is 3.67. The van der Waals surface area contributed by atoms with E-state index in [0.29, 0.717) is 4.83 Å². The Hall–Kier alpha value is -0.610. The fourth-order valence-corrected chi connectivity index (χ4v) is 2.51. The molecule has 0 aliphatic carbocycles. The topological polar surface area (TPSA) is 28.7 Å². The molecule has 0 spiro atoms. The predicted molar refractivity (Wildman–Crippen MR) is 72.9 cm³/mol. The molecule has 0 bridgehead atoms. The number of alkyl halides is 1. The number of hydrogen-bond donors (Lipinski definition) is 1. The van der Waals surface area contributed by atoms with Gasteiger partial charge in [-0.25, -0.2) is 4.98 Å². The number of aromatic amines is 1. The summed E-state index contributed by atoms with van der Waals surface area (Å²) < 4.78 is 1.12. The number of benzene rings is 1. The molecule has 1 aromatic heterocycles. The monoisotopic (exact) mass is 342 g/mol. The fraction of sp³-hybridized carbons (Fsp3) is 0.250. The number of nitrogens with zero attached hydrogens (tertiary/aromatic N) is 1. The van der Waals surface area contributed by atoms with E-state index < -0.39 is 0 Å². The molecule has 4 heteroatoms.